The molecule has 3 aromatic rings. The number of carbonyl (C=O) groups is 1. The third kappa shape index (κ3) is 3.34. The van der Waals surface area contributed by atoms with Crippen LogP contribution in [0.15, 0.2) is 61.2 Å². The molecular weight excluding hydrogens is 288 g/mol. The number of hydrogen-bond donors (Lipinski definition) is 1. The standard InChI is InChI=1S/C18H20N4O/c1-3-22-13-16(12-19-22)18(23)20-14(2)15-7-6-8-17(11-15)21-9-4-5-10-21/h4-14H,3H2,1-2H3,(H,20,23). The van der Waals surface area contributed by atoms with Crippen molar-refractivity contribution in [1.29, 1.82) is 0 Å². The van der Waals surface area contributed by atoms with E-state index >= 15 is 0 Å². The molecule has 23 heavy (non-hydrogen) atoms. The molecule has 1 amide bonds. The van der Waals surface area contributed by atoms with E-state index in [0.717, 1.165) is 17.8 Å². The second kappa shape index (κ2) is 6.52. The van der Waals surface area contributed by atoms with Crippen molar-refractivity contribution >= 4 is 5.91 Å². The molecule has 0 saturated heterocycles. The van der Waals surface area contributed by atoms with Gasteiger partial charge in [0.2, 0.25) is 0 Å². The van der Waals surface area contributed by atoms with Gasteiger partial charge in [0.05, 0.1) is 17.8 Å². The number of benzene rings is 1. The predicted octanol–water partition coefficient (Wildman–Crippen LogP) is 3.18. The Kier molecular flexibility index (Phi) is 4.28. The zero-order chi connectivity index (χ0) is 16.2. The van der Waals surface area contributed by atoms with E-state index in [-0.39, 0.29) is 11.9 Å². The van der Waals surface area contributed by atoms with Gasteiger partial charge in [0, 0.05) is 30.8 Å². The Labute approximate surface area is 135 Å². The lowest BCUT2D eigenvalue weighted by Gasteiger charge is -2.15. The number of hydrogen-bond acceptors (Lipinski definition) is 2. The zero-order valence-electron chi connectivity index (χ0n) is 13.3. The Bertz CT molecular complexity index is 789. The first-order chi connectivity index (χ1) is 11.2. The van der Waals surface area contributed by atoms with Gasteiger partial charge in [-0.2, -0.15) is 5.10 Å². The van der Waals surface area contributed by atoms with E-state index < -0.39 is 0 Å². The van der Waals surface area contributed by atoms with Gasteiger partial charge in [0.25, 0.3) is 5.91 Å². The zero-order valence-corrected chi connectivity index (χ0v) is 13.3. The summed E-state index contributed by atoms with van der Waals surface area (Å²) in [4.78, 5) is 12.3. The van der Waals surface area contributed by atoms with Crippen molar-refractivity contribution in [3.8, 4) is 5.69 Å². The quantitative estimate of drug-likeness (QED) is 0.787. The maximum Gasteiger partial charge on any atom is 0.254 e. The number of amides is 1. The molecule has 0 fully saturated rings. The molecule has 0 saturated carbocycles. The van der Waals surface area contributed by atoms with Crippen LogP contribution in [0.4, 0.5) is 0 Å². The summed E-state index contributed by atoms with van der Waals surface area (Å²) in [6.07, 6.45) is 7.36. The van der Waals surface area contributed by atoms with Crippen molar-refractivity contribution in [2.24, 2.45) is 0 Å². The highest BCUT2D eigenvalue weighted by Crippen LogP contribution is 2.17. The third-order valence-corrected chi connectivity index (χ3v) is 3.84. The molecule has 0 bridgehead atoms. The van der Waals surface area contributed by atoms with Crippen molar-refractivity contribution in [1.82, 2.24) is 19.7 Å². The van der Waals surface area contributed by atoms with E-state index in [9.17, 15) is 4.79 Å². The molecule has 0 aliphatic heterocycles. The fraction of sp³-hybridized carbons (Fsp3) is 0.222. The number of aryl methyl sites for hydroxylation is 1. The Morgan fingerprint density at radius 2 is 2.04 bits per heavy atom. The summed E-state index contributed by atoms with van der Waals surface area (Å²) in [7, 11) is 0. The summed E-state index contributed by atoms with van der Waals surface area (Å²) in [5.74, 6) is -0.108. The van der Waals surface area contributed by atoms with E-state index in [1.54, 1.807) is 17.1 Å². The van der Waals surface area contributed by atoms with Gasteiger partial charge in [-0.15, -0.1) is 0 Å². The fourth-order valence-corrected chi connectivity index (χ4v) is 2.48. The smallest absolute Gasteiger partial charge is 0.254 e. The SMILES string of the molecule is CCn1cc(C(=O)NC(C)c2cccc(-n3cccc3)c2)cn1. The lowest BCUT2D eigenvalue weighted by molar-refractivity contribution is 0.0940. The van der Waals surface area contributed by atoms with Gasteiger partial charge in [-0.1, -0.05) is 12.1 Å². The molecule has 5 heteroatoms. The van der Waals surface area contributed by atoms with Gasteiger partial charge in [0.1, 0.15) is 0 Å². The average molecular weight is 308 g/mol. The molecule has 3 rings (SSSR count). The summed E-state index contributed by atoms with van der Waals surface area (Å²) in [6.45, 7) is 4.72. The van der Waals surface area contributed by atoms with Crippen LogP contribution in [0.5, 0.6) is 0 Å². The van der Waals surface area contributed by atoms with E-state index in [1.807, 2.05) is 61.1 Å². The molecule has 0 aliphatic rings. The van der Waals surface area contributed by atoms with Crippen molar-refractivity contribution in [2.75, 3.05) is 0 Å². The van der Waals surface area contributed by atoms with Crippen LogP contribution in [-0.4, -0.2) is 20.3 Å². The lowest BCUT2D eigenvalue weighted by Crippen LogP contribution is -2.26. The number of aromatic nitrogens is 3. The minimum atomic E-state index is -0.108. The topological polar surface area (TPSA) is 51.9 Å². The molecule has 0 radical (unpaired) electrons. The van der Waals surface area contributed by atoms with Gasteiger partial charge in [0.15, 0.2) is 0 Å². The molecule has 2 heterocycles. The van der Waals surface area contributed by atoms with Gasteiger partial charge in [-0.3, -0.25) is 9.48 Å². The monoisotopic (exact) mass is 308 g/mol. The molecule has 1 unspecified atom stereocenters. The maximum atomic E-state index is 12.3. The second-order valence-electron chi connectivity index (χ2n) is 5.47. The molecule has 1 atom stereocenters. The van der Waals surface area contributed by atoms with E-state index in [2.05, 4.69) is 16.5 Å². The molecular formula is C18H20N4O. The van der Waals surface area contributed by atoms with E-state index in [1.165, 1.54) is 0 Å². The molecule has 0 aliphatic carbocycles. The Hall–Kier alpha value is -2.82. The van der Waals surface area contributed by atoms with Crippen molar-refractivity contribution in [3.05, 3.63) is 72.3 Å². The fourth-order valence-electron chi connectivity index (χ4n) is 2.48. The van der Waals surface area contributed by atoms with Crippen LogP contribution in [0.2, 0.25) is 0 Å². The van der Waals surface area contributed by atoms with E-state index in [0.29, 0.717) is 5.56 Å². The highest BCUT2D eigenvalue weighted by Gasteiger charge is 2.13. The molecule has 2 aromatic heterocycles. The summed E-state index contributed by atoms with van der Waals surface area (Å²) in [5.41, 5.74) is 2.72. The van der Waals surface area contributed by atoms with Crippen LogP contribution in [-0.2, 0) is 6.54 Å². The van der Waals surface area contributed by atoms with Crippen LogP contribution in [0.25, 0.3) is 5.69 Å². The summed E-state index contributed by atoms with van der Waals surface area (Å²) in [5, 5.41) is 7.16. The predicted molar refractivity (Wildman–Crippen MR) is 89.6 cm³/mol. The highest BCUT2D eigenvalue weighted by molar-refractivity contribution is 5.93. The summed E-state index contributed by atoms with van der Waals surface area (Å²) < 4.78 is 3.79. The number of nitrogens with zero attached hydrogens (tertiary/aromatic N) is 3. The summed E-state index contributed by atoms with van der Waals surface area (Å²) in [6, 6.07) is 12.1. The largest absolute Gasteiger partial charge is 0.345 e. The number of rotatable bonds is 5. The minimum Gasteiger partial charge on any atom is -0.345 e. The molecule has 1 aromatic carbocycles. The van der Waals surface area contributed by atoms with Crippen LogP contribution in [0.3, 0.4) is 0 Å². The Morgan fingerprint density at radius 1 is 1.26 bits per heavy atom. The first-order valence-corrected chi connectivity index (χ1v) is 7.74. The highest BCUT2D eigenvalue weighted by atomic mass is 16.1. The maximum absolute atomic E-state index is 12.3. The Morgan fingerprint density at radius 3 is 2.74 bits per heavy atom. The normalized spacial score (nSPS) is 12.1. The third-order valence-electron chi connectivity index (χ3n) is 3.84. The molecule has 5 nitrogen and oxygen atoms in total. The van der Waals surface area contributed by atoms with Crippen molar-refractivity contribution in [3.63, 3.8) is 0 Å². The summed E-state index contributed by atoms with van der Waals surface area (Å²) >= 11 is 0. The first-order valence-electron chi connectivity index (χ1n) is 7.74. The second-order valence-corrected chi connectivity index (χ2v) is 5.47. The van der Waals surface area contributed by atoms with Crippen LogP contribution < -0.4 is 5.32 Å². The van der Waals surface area contributed by atoms with Gasteiger partial charge < -0.3 is 9.88 Å². The molecule has 0 spiro atoms. The number of nitrogens with one attached hydrogen (secondary N) is 1. The van der Waals surface area contributed by atoms with Gasteiger partial charge >= 0.3 is 0 Å². The molecule has 118 valence electrons. The lowest BCUT2D eigenvalue weighted by atomic mass is 10.1. The van der Waals surface area contributed by atoms with Crippen LogP contribution >= 0.6 is 0 Å². The van der Waals surface area contributed by atoms with Crippen LogP contribution in [0.1, 0.15) is 35.8 Å². The Balaban J connectivity index is 1.74. The first kappa shape index (κ1) is 15.1. The number of carbonyl (C=O) groups excluding carboxylic acids is 1. The van der Waals surface area contributed by atoms with E-state index in [4.69, 9.17) is 0 Å². The van der Waals surface area contributed by atoms with Gasteiger partial charge in [-0.05, 0) is 43.7 Å². The molecule has 1 N–H and O–H groups in total. The van der Waals surface area contributed by atoms with Gasteiger partial charge in [-0.25, -0.2) is 0 Å². The van der Waals surface area contributed by atoms with Crippen molar-refractivity contribution < 1.29 is 4.79 Å². The van der Waals surface area contributed by atoms with Crippen LogP contribution in [0, 0.1) is 0 Å². The average Bonchev–Trinajstić information content (AvgIpc) is 3.26. The minimum absolute atomic E-state index is 0.0806. The van der Waals surface area contributed by atoms with Crippen molar-refractivity contribution in [2.45, 2.75) is 26.4 Å².